The Morgan fingerprint density at radius 1 is 0.930 bits per heavy atom. The molecule has 2 aromatic heterocycles. The summed E-state index contributed by atoms with van der Waals surface area (Å²) in [6.45, 7) is 7.70. The van der Waals surface area contributed by atoms with Crippen LogP contribution in [0.2, 0.25) is 0 Å². The minimum Gasteiger partial charge on any atom is -0.462 e. The highest BCUT2D eigenvalue weighted by Gasteiger charge is 2.24. The van der Waals surface area contributed by atoms with Crippen LogP contribution in [0.5, 0.6) is 0 Å². The molecule has 0 fully saturated rings. The van der Waals surface area contributed by atoms with Gasteiger partial charge >= 0.3 is 5.97 Å². The molecule has 3 aromatic carbocycles. The second-order valence-electron chi connectivity index (χ2n) is 10.1. The number of hydrogen-bond acceptors (Lipinski definition) is 5. The summed E-state index contributed by atoms with van der Waals surface area (Å²) in [5.74, 6) is -1.10. The van der Waals surface area contributed by atoms with E-state index in [1.54, 1.807) is 13.0 Å². The topological polar surface area (TPSA) is 84.1 Å². The lowest BCUT2D eigenvalue weighted by Gasteiger charge is -2.15. The van der Waals surface area contributed by atoms with Crippen molar-refractivity contribution in [2.24, 2.45) is 0 Å². The average Bonchev–Trinajstić information content (AvgIpc) is 3.53. The van der Waals surface area contributed by atoms with Crippen molar-refractivity contribution in [3.63, 3.8) is 0 Å². The molecule has 5 aromatic rings. The lowest BCUT2D eigenvalue weighted by molar-refractivity contribution is -0.112. The van der Waals surface area contributed by atoms with Gasteiger partial charge in [0.15, 0.2) is 0 Å². The van der Waals surface area contributed by atoms with Crippen LogP contribution in [0.3, 0.4) is 0 Å². The summed E-state index contributed by atoms with van der Waals surface area (Å²) in [6.07, 6.45) is 1.62. The van der Waals surface area contributed by atoms with Crippen LogP contribution in [0.4, 0.5) is 5.00 Å². The number of aryl methyl sites for hydroxylation is 2. The normalized spacial score (nSPS) is 11.2. The van der Waals surface area contributed by atoms with Gasteiger partial charge in [0.1, 0.15) is 16.6 Å². The Morgan fingerprint density at radius 2 is 1.56 bits per heavy atom. The zero-order valence-electron chi connectivity index (χ0n) is 24.5. The van der Waals surface area contributed by atoms with E-state index in [2.05, 4.69) is 40.2 Å². The molecule has 6 nitrogen and oxygen atoms in total. The lowest BCUT2D eigenvalue weighted by atomic mass is 10.0. The molecule has 0 atom stereocenters. The summed E-state index contributed by atoms with van der Waals surface area (Å²) >= 11 is 1.29. The van der Waals surface area contributed by atoms with Gasteiger partial charge in [-0.05, 0) is 68.7 Å². The van der Waals surface area contributed by atoms with Gasteiger partial charge in [-0.15, -0.1) is 11.3 Å². The van der Waals surface area contributed by atoms with Gasteiger partial charge in [-0.25, -0.2) is 4.79 Å². The SMILES string of the molecule is CCOC(=O)c1c(NC(=O)C(C#N)=Cc2cc(-c3ccccc3)n(-c3ccc(C)cc3)c2-c2ccccc2)sc(C)c1C. The van der Waals surface area contributed by atoms with Gasteiger partial charge in [-0.1, -0.05) is 78.4 Å². The van der Waals surface area contributed by atoms with E-state index >= 15 is 0 Å². The predicted octanol–water partition coefficient (Wildman–Crippen LogP) is 8.52. The molecule has 0 saturated carbocycles. The van der Waals surface area contributed by atoms with E-state index in [-0.39, 0.29) is 12.2 Å². The maximum atomic E-state index is 13.6. The van der Waals surface area contributed by atoms with Gasteiger partial charge in [0, 0.05) is 16.1 Å². The molecule has 0 saturated heterocycles. The van der Waals surface area contributed by atoms with Gasteiger partial charge in [0.05, 0.1) is 23.6 Å². The zero-order valence-corrected chi connectivity index (χ0v) is 25.3. The first-order valence-electron chi connectivity index (χ1n) is 14.0. The third kappa shape index (κ3) is 6.06. The molecule has 0 unspecified atom stereocenters. The van der Waals surface area contributed by atoms with Crippen molar-refractivity contribution in [3.05, 3.63) is 124 Å². The number of carbonyl (C=O) groups excluding carboxylic acids is 2. The Kier molecular flexibility index (Phi) is 8.70. The van der Waals surface area contributed by atoms with Crippen molar-refractivity contribution in [1.29, 1.82) is 5.26 Å². The zero-order chi connectivity index (χ0) is 30.5. The van der Waals surface area contributed by atoms with Crippen molar-refractivity contribution in [2.75, 3.05) is 11.9 Å². The van der Waals surface area contributed by atoms with E-state index < -0.39 is 11.9 Å². The second kappa shape index (κ2) is 12.8. The van der Waals surface area contributed by atoms with Gasteiger partial charge < -0.3 is 14.6 Å². The van der Waals surface area contributed by atoms with Gasteiger partial charge in [0.25, 0.3) is 5.91 Å². The van der Waals surface area contributed by atoms with E-state index in [9.17, 15) is 14.9 Å². The van der Waals surface area contributed by atoms with Crippen molar-refractivity contribution in [1.82, 2.24) is 4.57 Å². The van der Waals surface area contributed by atoms with Crippen LogP contribution >= 0.6 is 11.3 Å². The number of hydrogen-bond donors (Lipinski definition) is 1. The van der Waals surface area contributed by atoms with Gasteiger partial charge in [-0.2, -0.15) is 5.26 Å². The highest BCUT2D eigenvalue weighted by Crippen LogP contribution is 2.38. The average molecular weight is 586 g/mol. The molecule has 214 valence electrons. The maximum absolute atomic E-state index is 13.6. The number of ether oxygens (including phenoxy) is 1. The number of anilines is 1. The summed E-state index contributed by atoms with van der Waals surface area (Å²) < 4.78 is 7.39. The lowest BCUT2D eigenvalue weighted by Crippen LogP contribution is -2.16. The molecule has 0 aliphatic carbocycles. The summed E-state index contributed by atoms with van der Waals surface area (Å²) in [5.41, 5.74) is 7.47. The predicted molar refractivity (Wildman–Crippen MR) is 173 cm³/mol. The van der Waals surface area contributed by atoms with Crippen molar-refractivity contribution in [3.8, 4) is 34.3 Å². The fraction of sp³-hybridized carbons (Fsp3) is 0.139. The first-order valence-corrected chi connectivity index (χ1v) is 14.8. The number of aromatic nitrogens is 1. The fourth-order valence-corrected chi connectivity index (χ4v) is 6.00. The van der Waals surface area contributed by atoms with Crippen molar-refractivity contribution >= 4 is 34.3 Å². The van der Waals surface area contributed by atoms with E-state index in [1.165, 1.54) is 11.3 Å². The first kappa shape index (κ1) is 29.3. The third-order valence-corrected chi connectivity index (χ3v) is 8.32. The minimum atomic E-state index is -0.599. The minimum absolute atomic E-state index is 0.0867. The van der Waals surface area contributed by atoms with Crippen LogP contribution in [-0.2, 0) is 9.53 Å². The summed E-state index contributed by atoms with van der Waals surface area (Å²) in [4.78, 5) is 27.1. The molecule has 0 aliphatic rings. The molecule has 0 spiro atoms. The molecule has 0 bridgehead atoms. The molecule has 5 rings (SSSR count). The van der Waals surface area contributed by atoms with Crippen LogP contribution in [0.25, 0.3) is 34.3 Å². The van der Waals surface area contributed by atoms with Crippen LogP contribution < -0.4 is 5.32 Å². The Bertz CT molecular complexity index is 1860. The molecule has 1 N–H and O–H groups in total. The molecule has 1 amide bonds. The number of nitriles is 1. The molecule has 0 radical (unpaired) electrons. The third-order valence-electron chi connectivity index (χ3n) is 7.20. The Labute approximate surface area is 255 Å². The maximum Gasteiger partial charge on any atom is 0.341 e. The van der Waals surface area contributed by atoms with Gasteiger partial charge in [0.2, 0.25) is 0 Å². The fourth-order valence-electron chi connectivity index (χ4n) is 4.95. The number of nitrogens with zero attached hydrogens (tertiary/aromatic N) is 2. The summed E-state index contributed by atoms with van der Waals surface area (Å²) in [6, 6.07) is 32.3. The van der Waals surface area contributed by atoms with Gasteiger partial charge in [-0.3, -0.25) is 4.79 Å². The number of nitrogens with one attached hydrogen (secondary N) is 1. The Morgan fingerprint density at radius 3 is 2.16 bits per heavy atom. The highest BCUT2D eigenvalue weighted by molar-refractivity contribution is 7.16. The molecular formula is C36H31N3O3S. The van der Waals surface area contributed by atoms with E-state index in [1.807, 2.05) is 87.5 Å². The van der Waals surface area contributed by atoms with E-state index in [0.717, 1.165) is 44.2 Å². The number of rotatable bonds is 8. The first-order chi connectivity index (χ1) is 20.8. The van der Waals surface area contributed by atoms with Crippen LogP contribution in [0.1, 0.15) is 38.8 Å². The van der Waals surface area contributed by atoms with Crippen LogP contribution in [-0.4, -0.2) is 23.1 Å². The van der Waals surface area contributed by atoms with E-state index in [0.29, 0.717) is 16.1 Å². The van der Waals surface area contributed by atoms with E-state index in [4.69, 9.17) is 4.74 Å². The molecule has 0 aliphatic heterocycles. The second-order valence-corrected chi connectivity index (χ2v) is 11.3. The number of esters is 1. The van der Waals surface area contributed by atoms with Crippen molar-refractivity contribution in [2.45, 2.75) is 27.7 Å². The number of carbonyl (C=O) groups is 2. The largest absolute Gasteiger partial charge is 0.462 e. The van der Waals surface area contributed by atoms with Crippen LogP contribution in [0, 0.1) is 32.1 Å². The smallest absolute Gasteiger partial charge is 0.341 e. The summed E-state index contributed by atoms with van der Waals surface area (Å²) in [7, 11) is 0. The Hall–Kier alpha value is -5.19. The van der Waals surface area contributed by atoms with Crippen molar-refractivity contribution < 1.29 is 14.3 Å². The standard InChI is InChI=1S/C36H31N3O3S/c1-5-42-36(41)32-24(3)25(4)43-35(32)38-34(40)29(22-37)20-28-21-31(26-12-8-6-9-13-26)39(30-18-16-23(2)17-19-30)33(28)27-14-10-7-11-15-27/h6-21H,5H2,1-4H3,(H,38,40). The monoisotopic (exact) mass is 585 g/mol. The number of amides is 1. The quantitative estimate of drug-likeness (QED) is 0.112. The Balaban J connectivity index is 1.68. The number of thiophene rings is 1. The number of benzene rings is 3. The molecular weight excluding hydrogens is 554 g/mol. The highest BCUT2D eigenvalue weighted by atomic mass is 32.1. The summed E-state index contributed by atoms with van der Waals surface area (Å²) in [5, 5.41) is 13.4. The van der Waals surface area contributed by atoms with Crippen LogP contribution in [0.15, 0.2) is 96.6 Å². The molecule has 43 heavy (non-hydrogen) atoms. The molecule has 2 heterocycles. The molecule has 7 heteroatoms.